The zero-order valence-electron chi connectivity index (χ0n) is 13.3. The van der Waals surface area contributed by atoms with Gasteiger partial charge in [-0.1, -0.05) is 48.5 Å². The van der Waals surface area contributed by atoms with E-state index >= 15 is 0 Å². The lowest BCUT2D eigenvalue weighted by Gasteiger charge is -2.41. The maximum absolute atomic E-state index is 6.39. The summed E-state index contributed by atoms with van der Waals surface area (Å²) in [6.45, 7) is 16.1. The van der Waals surface area contributed by atoms with E-state index in [0.29, 0.717) is 23.4 Å². The lowest BCUT2D eigenvalue weighted by atomic mass is 10.5. The summed E-state index contributed by atoms with van der Waals surface area (Å²) in [5.41, 5.74) is 1.71. The van der Waals surface area contributed by atoms with Gasteiger partial charge < -0.3 is 4.43 Å². The van der Waals surface area contributed by atoms with Crippen LogP contribution in [0, 0.1) is 0 Å². The van der Waals surface area contributed by atoms with Crippen molar-refractivity contribution in [3.63, 3.8) is 0 Å². The van der Waals surface area contributed by atoms with Gasteiger partial charge in [0.05, 0.1) is 0 Å². The number of tetrazole rings is 1. The SMILES string of the molecule is CCc1nnn(CO[Si](C(C)C)(C(C)C)C(C)C)n1. The Morgan fingerprint density at radius 2 is 1.58 bits per heavy atom. The van der Waals surface area contributed by atoms with Gasteiger partial charge in [-0.3, -0.25) is 0 Å². The molecule has 1 aromatic heterocycles. The minimum Gasteiger partial charge on any atom is -0.396 e. The van der Waals surface area contributed by atoms with Crippen molar-refractivity contribution in [1.82, 2.24) is 20.2 Å². The molecule has 0 saturated heterocycles. The molecule has 6 heteroatoms. The number of aryl methyl sites for hydroxylation is 1. The van der Waals surface area contributed by atoms with Crippen LogP contribution in [-0.2, 0) is 17.6 Å². The molecule has 19 heavy (non-hydrogen) atoms. The standard InChI is InChI=1S/C13H28N4OSi/c1-8-13-14-16-17(15-13)9-18-19(10(2)3,11(4)5)12(6)7/h10-12H,8-9H2,1-7H3. The van der Waals surface area contributed by atoms with Crippen LogP contribution in [0.15, 0.2) is 0 Å². The first-order chi connectivity index (χ1) is 8.84. The van der Waals surface area contributed by atoms with E-state index < -0.39 is 8.32 Å². The molecule has 1 aromatic rings. The molecule has 1 heterocycles. The molecule has 0 aliphatic rings. The summed E-state index contributed by atoms with van der Waals surface area (Å²) in [7, 11) is -1.84. The van der Waals surface area contributed by atoms with Crippen molar-refractivity contribution >= 4 is 8.32 Å². The molecule has 0 fully saturated rings. The van der Waals surface area contributed by atoms with Crippen LogP contribution < -0.4 is 0 Å². The number of hydrogen-bond acceptors (Lipinski definition) is 4. The fourth-order valence-corrected chi connectivity index (χ4v) is 8.48. The summed E-state index contributed by atoms with van der Waals surface area (Å²) in [6.07, 6.45) is 0.807. The second-order valence-electron chi connectivity index (χ2n) is 6.02. The Bertz CT molecular complexity index is 368. The third-order valence-corrected chi connectivity index (χ3v) is 9.99. The number of aromatic nitrogens is 4. The second kappa shape index (κ2) is 6.61. The third-order valence-electron chi connectivity index (χ3n) is 3.95. The van der Waals surface area contributed by atoms with Crippen LogP contribution in [0.1, 0.15) is 54.3 Å². The van der Waals surface area contributed by atoms with Gasteiger partial charge in [-0.25, -0.2) is 0 Å². The molecule has 5 nitrogen and oxygen atoms in total. The van der Waals surface area contributed by atoms with Crippen molar-refractivity contribution in [2.75, 3.05) is 0 Å². The molecule has 0 saturated carbocycles. The molecule has 0 aliphatic carbocycles. The maximum Gasteiger partial charge on any atom is 0.202 e. The predicted molar refractivity (Wildman–Crippen MR) is 79.3 cm³/mol. The number of nitrogens with zero attached hydrogens (tertiary/aromatic N) is 4. The van der Waals surface area contributed by atoms with Crippen molar-refractivity contribution in [1.29, 1.82) is 0 Å². The van der Waals surface area contributed by atoms with E-state index in [0.717, 1.165) is 12.2 Å². The molecule has 0 amide bonds. The first kappa shape index (κ1) is 16.3. The monoisotopic (exact) mass is 284 g/mol. The summed E-state index contributed by atoms with van der Waals surface area (Å²) in [5, 5.41) is 12.3. The van der Waals surface area contributed by atoms with Crippen LogP contribution in [0.25, 0.3) is 0 Å². The summed E-state index contributed by atoms with van der Waals surface area (Å²) < 4.78 is 6.39. The molecule has 0 radical (unpaired) electrons. The average Bonchev–Trinajstić information content (AvgIpc) is 2.76. The average molecular weight is 284 g/mol. The van der Waals surface area contributed by atoms with Crippen molar-refractivity contribution in [3.8, 4) is 0 Å². The highest BCUT2D eigenvalue weighted by atomic mass is 28.4. The minimum absolute atomic E-state index is 0.424. The predicted octanol–water partition coefficient (Wildman–Crippen LogP) is 3.39. The van der Waals surface area contributed by atoms with Gasteiger partial charge in [-0.15, -0.1) is 15.0 Å². The minimum atomic E-state index is -1.84. The van der Waals surface area contributed by atoms with E-state index in [1.807, 2.05) is 6.92 Å². The van der Waals surface area contributed by atoms with E-state index in [9.17, 15) is 0 Å². The van der Waals surface area contributed by atoms with Crippen molar-refractivity contribution in [2.24, 2.45) is 0 Å². The van der Waals surface area contributed by atoms with Gasteiger partial charge in [-0.05, 0) is 21.8 Å². The van der Waals surface area contributed by atoms with E-state index in [1.165, 1.54) is 0 Å². The fraction of sp³-hybridized carbons (Fsp3) is 0.923. The Kier molecular flexibility index (Phi) is 5.67. The van der Waals surface area contributed by atoms with Crippen LogP contribution in [0.4, 0.5) is 0 Å². The molecule has 0 bridgehead atoms. The molecule has 0 N–H and O–H groups in total. The van der Waals surface area contributed by atoms with Crippen molar-refractivity contribution in [2.45, 2.75) is 78.2 Å². The fourth-order valence-electron chi connectivity index (χ4n) is 3.14. The molecule has 1 rings (SSSR count). The van der Waals surface area contributed by atoms with Crippen LogP contribution in [-0.4, -0.2) is 28.5 Å². The van der Waals surface area contributed by atoms with Crippen LogP contribution in [0.3, 0.4) is 0 Å². The van der Waals surface area contributed by atoms with Gasteiger partial charge in [0, 0.05) is 6.42 Å². The lowest BCUT2D eigenvalue weighted by molar-refractivity contribution is 0.173. The van der Waals surface area contributed by atoms with Crippen molar-refractivity contribution < 1.29 is 4.43 Å². The summed E-state index contributed by atoms with van der Waals surface area (Å²) in [6, 6.07) is 0. The molecular formula is C13H28N4OSi. The summed E-state index contributed by atoms with van der Waals surface area (Å²) in [5.74, 6) is 0.773. The van der Waals surface area contributed by atoms with Gasteiger partial charge in [0.15, 0.2) is 12.6 Å². The molecular weight excluding hydrogens is 256 g/mol. The van der Waals surface area contributed by atoms with Crippen molar-refractivity contribution in [3.05, 3.63) is 5.82 Å². The zero-order valence-corrected chi connectivity index (χ0v) is 14.3. The number of hydrogen-bond donors (Lipinski definition) is 0. The van der Waals surface area contributed by atoms with E-state index in [-0.39, 0.29) is 0 Å². The molecule has 0 aromatic carbocycles. The topological polar surface area (TPSA) is 52.8 Å². The van der Waals surface area contributed by atoms with Gasteiger partial charge in [-0.2, -0.15) is 0 Å². The van der Waals surface area contributed by atoms with Crippen LogP contribution in [0.5, 0.6) is 0 Å². The Labute approximate surface area is 117 Å². The highest BCUT2D eigenvalue weighted by Gasteiger charge is 2.45. The van der Waals surface area contributed by atoms with Crippen LogP contribution in [0.2, 0.25) is 16.6 Å². The lowest BCUT2D eigenvalue weighted by Crippen LogP contribution is -2.48. The highest BCUT2D eigenvalue weighted by Crippen LogP contribution is 2.42. The highest BCUT2D eigenvalue weighted by molar-refractivity contribution is 6.77. The van der Waals surface area contributed by atoms with Gasteiger partial charge in [0.2, 0.25) is 8.32 Å². The second-order valence-corrected chi connectivity index (χ2v) is 11.5. The third kappa shape index (κ3) is 3.42. The largest absolute Gasteiger partial charge is 0.396 e. The first-order valence-corrected chi connectivity index (χ1v) is 9.39. The zero-order chi connectivity index (χ0) is 14.6. The smallest absolute Gasteiger partial charge is 0.202 e. The van der Waals surface area contributed by atoms with Gasteiger partial charge in [0.25, 0.3) is 0 Å². The number of rotatable bonds is 7. The van der Waals surface area contributed by atoms with E-state index in [1.54, 1.807) is 4.80 Å². The molecule has 0 atom stereocenters. The van der Waals surface area contributed by atoms with Gasteiger partial charge >= 0.3 is 0 Å². The first-order valence-electron chi connectivity index (χ1n) is 7.25. The Balaban J connectivity index is 2.83. The van der Waals surface area contributed by atoms with E-state index in [4.69, 9.17) is 4.43 Å². The molecule has 0 spiro atoms. The molecule has 0 aliphatic heterocycles. The van der Waals surface area contributed by atoms with Gasteiger partial charge in [0.1, 0.15) is 0 Å². The quantitative estimate of drug-likeness (QED) is 0.720. The summed E-state index contributed by atoms with van der Waals surface area (Å²) in [4.78, 5) is 1.58. The molecule has 110 valence electrons. The Morgan fingerprint density at radius 1 is 1.05 bits per heavy atom. The Hall–Kier alpha value is -0.753. The summed E-state index contributed by atoms with van der Waals surface area (Å²) >= 11 is 0. The maximum atomic E-state index is 6.39. The van der Waals surface area contributed by atoms with E-state index in [2.05, 4.69) is 57.0 Å². The normalized spacial score (nSPS) is 12.9. The van der Waals surface area contributed by atoms with Crippen LogP contribution >= 0.6 is 0 Å². The molecule has 0 unspecified atom stereocenters. The Morgan fingerprint density at radius 3 is 1.95 bits per heavy atom.